The first-order valence-corrected chi connectivity index (χ1v) is 6.67. The maximum atomic E-state index is 6.32. The Morgan fingerprint density at radius 2 is 1.95 bits per heavy atom. The predicted octanol–water partition coefficient (Wildman–Crippen LogP) is 3.05. The van der Waals surface area contributed by atoms with Crippen molar-refractivity contribution in [2.45, 2.75) is 19.5 Å². The molecule has 3 heteroatoms. The molecule has 2 unspecified atom stereocenters. The van der Waals surface area contributed by atoms with Crippen molar-refractivity contribution >= 4 is 0 Å². The zero-order chi connectivity index (χ0) is 13.7. The molecule has 0 aliphatic heterocycles. The van der Waals surface area contributed by atoms with Gasteiger partial charge in [-0.1, -0.05) is 37.3 Å². The van der Waals surface area contributed by atoms with Crippen molar-refractivity contribution in [1.29, 1.82) is 0 Å². The van der Waals surface area contributed by atoms with Crippen molar-refractivity contribution in [3.05, 3.63) is 60.1 Å². The summed E-state index contributed by atoms with van der Waals surface area (Å²) in [6, 6.07) is 12.4. The van der Waals surface area contributed by atoms with Crippen molar-refractivity contribution in [1.82, 2.24) is 4.90 Å². The topological polar surface area (TPSA) is 42.4 Å². The Bertz CT molecular complexity index is 467. The Morgan fingerprint density at radius 1 is 1.21 bits per heavy atom. The maximum Gasteiger partial charge on any atom is 0.0947 e. The first-order valence-electron chi connectivity index (χ1n) is 6.67. The Balaban J connectivity index is 1.88. The lowest BCUT2D eigenvalue weighted by Crippen LogP contribution is -2.30. The molecule has 0 bridgehead atoms. The highest BCUT2D eigenvalue weighted by atomic mass is 16.3. The van der Waals surface area contributed by atoms with Crippen LogP contribution in [0.5, 0.6) is 0 Å². The van der Waals surface area contributed by atoms with E-state index in [2.05, 4.69) is 31.0 Å². The van der Waals surface area contributed by atoms with Gasteiger partial charge in [-0.15, -0.1) is 0 Å². The Hall–Kier alpha value is -1.58. The van der Waals surface area contributed by atoms with Gasteiger partial charge in [0.05, 0.1) is 12.5 Å². The summed E-state index contributed by atoms with van der Waals surface area (Å²) in [6.45, 7) is 4.05. The second kappa shape index (κ2) is 6.55. The van der Waals surface area contributed by atoms with E-state index in [1.165, 1.54) is 11.1 Å². The highest BCUT2D eigenvalue weighted by molar-refractivity contribution is 5.19. The van der Waals surface area contributed by atoms with Crippen LogP contribution in [0.3, 0.4) is 0 Å². The van der Waals surface area contributed by atoms with E-state index >= 15 is 0 Å². The van der Waals surface area contributed by atoms with Gasteiger partial charge in [-0.3, -0.25) is 0 Å². The van der Waals surface area contributed by atoms with Gasteiger partial charge in [-0.05, 0) is 24.6 Å². The molecule has 0 spiro atoms. The van der Waals surface area contributed by atoms with E-state index < -0.39 is 0 Å². The highest BCUT2D eigenvalue weighted by Gasteiger charge is 2.16. The van der Waals surface area contributed by atoms with E-state index in [0.29, 0.717) is 5.92 Å². The molecule has 0 fully saturated rings. The lowest BCUT2D eigenvalue weighted by Gasteiger charge is -2.25. The first-order chi connectivity index (χ1) is 9.16. The normalized spacial score (nSPS) is 14.5. The number of benzene rings is 1. The molecule has 2 aromatic rings. The fourth-order valence-electron chi connectivity index (χ4n) is 2.37. The summed E-state index contributed by atoms with van der Waals surface area (Å²) in [5.74, 6) is 0.402. The first kappa shape index (κ1) is 13.8. The average Bonchev–Trinajstić information content (AvgIpc) is 2.91. The van der Waals surface area contributed by atoms with Crippen molar-refractivity contribution < 1.29 is 4.42 Å². The zero-order valence-corrected chi connectivity index (χ0v) is 11.6. The number of nitrogens with two attached hydrogens (primary N) is 1. The van der Waals surface area contributed by atoms with E-state index in [4.69, 9.17) is 10.2 Å². The van der Waals surface area contributed by atoms with E-state index in [0.717, 1.165) is 13.1 Å². The molecule has 0 radical (unpaired) electrons. The van der Waals surface area contributed by atoms with Gasteiger partial charge < -0.3 is 15.1 Å². The molecule has 0 amide bonds. The van der Waals surface area contributed by atoms with Crippen molar-refractivity contribution in [3.63, 3.8) is 0 Å². The van der Waals surface area contributed by atoms with Gasteiger partial charge >= 0.3 is 0 Å². The summed E-state index contributed by atoms with van der Waals surface area (Å²) in [5.41, 5.74) is 8.71. The maximum absolute atomic E-state index is 6.32. The molecule has 0 saturated carbocycles. The minimum absolute atomic E-state index is 0.0769. The van der Waals surface area contributed by atoms with Gasteiger partial charge in [0.25, 0.3) is 0 Å². The summed E-state index contributed by atoms with van der Waals surface area (Å²) < 4.78 is 5.09. The van der Waals surface area contributed by atoms with E-state index in [9.17, 15) is 0 Å². The highest BCUT2D eigenvalue weighted by Crippen LogP contribution is 2.20. The molecule has 102 valence electrons. The molecule has 1 heterocycles. The number of rotatable bonds is 6. The Kier molecular flexibility index (Phi) is 4.77. The molecule has 1 aromatic carbocycles. The molecule has 2 rings (SSSR count). The molecular formula is C16H22N2O. The number of nitrogens with zero attached hydrogens (tertiary/aromatic N) is 1. The second-order valence-corrected chi connectivity index (χ2v) is 5.24. The number of furan rings is 1. The summed E-state index contributed by atoms with van der Waals surface area (Å²) in [4.78, 5) is 2.28. The van der Waals surface area contributed by atoms with Crippen molar-refractivity contribution in [2.75, 3.05) is 13.6 Å². The van der Waals surface area contributed by atoms with E-state index in [-0.39, 0.29) is 6.04 Å². The van der Waals surface area contributed by atoms with Crippen LogP contribution in [0.25, 0.3) is 0 Å². The molecule has 2 atom stereocenters. The third-order valence-corrected chi connectivity index (χ3v) is 3.43. The lowest BCUT2D eigenvalue weighted by atomic mass is 9.95. The van der Waals surface area contributed by atoms with Crippen molar-refractivity contribution in [3.8, 4) is 0 Å². The molecule has 0 aliphatic carbocycles. The lowest BCUT2D eigenvalue weighted by molar-refractivity contribution is 0.257. The van der Waals surface area contributed by atoms with Crippen LogP contribution in [-0.4, -0.2) is 18.5 Å². The Labute approximate surface area is 115 Å². The van der Waals surface area contributed by atoms with Crippen LogP contribution < -0.4 is 5.73 Å². The van der Waals surface area contributed by atoms with E-state index in [1.54, 1.807) is 12.5 Å². The summed E-state index contributed by atoms with van der Waals surface area (Å²) in [6.07, 6.45) is 3.50. The smallest absolute Gasteiger partial charge is 0.0947 e. The van der Waals surface area contributed by atoms with Crippen LogP contribution in [0, 0.1) is 5.92 Å². The van der Waals surface area contributed by atoms with E-state index in [1.807, 2.05) is 24.3 Å². The summed E-state index contributed by atoms with van der Waals surface area (Å²) >= 11 is 0. The van der Waals surface area contributed by atoms with Gasteiger partial charge in [0.2, 0.25) is 0 Å². The SMILES string of the molecule is CC(CN(C)Cc1ccoc1)C(N)c1ccccc1. The minimum atomic E-state index is 0.0769. The van der Waals surface area contributed by atoms with Crippen LogP contribution in [0.4, 0.5) is 0 Å². The minimum Gasteiger partial charge on any atom is -0.472 e. The fraction of sp³-hybridized carbons (Fsp3) is 0.375. The van der Waals surface area contributed by atoms with Gasteiger partial charge in [-0.25, -0.2) is 0 Å². The molecule has 0 saturated heterocycles. The van der Waals surface area contributed by atoms with Crippen LogP contribution >= 0.6 is 0 Å². The summed E-state index contributed by atoms with van der Waals surface area (Å²) in [5, 5.41) is 0. The third kappa shape index (κ3) is 3.94. The molecule has 1 aromatic heterocycles. The fourth-order valence-corrected chi connectivity index (χ4v) is 2.37. The number of hydrogen-bond donors (Lipinski definition) is 1. The standard InChI is InChI=1S/C16H22N2O/c1-13(16(17)15-6-4-3-5-7-15)10-18(2)11-14-8-9-19-12-14/h3-9,12-13,16H,10-11,17H2,1-2H3. The van der Waals surface area contributed by atoms with Crippen LogP contribution in [-0.2, 0) is 6.54 Å². The predicted molar refractivity (Wildman–Crippen MR) is 77.6 cm³/mol. The van der Waals surface area contributed by atoms with Crippen LogP contribution in [0.1, 0.15) is 24.1 Å². The zero-order valence-electron chi connectivity index (χ0n) is 11.6. The Morgan fingerprint density at radius 3 is 2.58 bits per heavy atom. The average molecular weight is 258 g/mol. The van der Waals surface area contributed by atoms with Gasteiger partial charge in [0, 0.05) is 24.7 Å². The molecule has 3 nitrogen and oxygen atoms in total. The largest absolute Gasteiger partial charge is 0.472 e. The van der Waals surface area contributed by atoms with Crippen molar-refractivity contribution in [2.24, 2.45) is 11.7 Å². The molecule has 0 aliphatic rings. The monoisotopic (exact) mass is 258 g/mol. The van der Waals surface area contributed by atoms with Gasteiger partial charge in [-0.2, -0.15) is 0 Å². The number of hydrogen-bond acceptors (Lipinski definition) is 3. The molecular weight excluding hydrogens is 236 g/mol. The third-order valence-electron chi connectivity index (χ3n) is 3.43. The van der Waals surface area contributed by atoms with Gasteiger partial charge in [0.1, 0.15) is 0 Å². The summed E-state index contributed by atoms with van der Waals surface area (Å²) in [7, 11) is 2.11. The van der Waals surface area contributed by atoms with Crippen LogP contribution in [0.15, 0.2) is 53.3 Å². The quantitative estimate of drug-likeness (QED) is 0.866. The second-order valence-electron chi connectivity index (χ2n) is 5.24. The van der Waals surface area contributed by atoms with Crippen LogP contribution in [0.2, 0.25) is 0 Å². The molecule has 19 heavy (non-hydrogen) atoms. The molecule has 2 N–H and O–H groups in total. The van der Waals surface area contributed by atoms with Gasteiger partial charge in [0.15, 0.2) is 0 Å².